The van der Waals surface area contributed by atoms with Gasteiger partial charge >= 0.3 is 0 Å². The van der Waals surface area contributed by atoms with Gasteiger partial charge in [0.25, 0.3) is 15.9 Å². The van der Waals surface area contributed by atoms with Crippen molar-refractivity contribution in [3.63, 3.8) is 0 Å². The number of amides is 2. The minimum atomic E-state index is -3.97. The monoisotopic (exact) mass is 429 g/mol. The summed E-state index contributed by atoms with van der Waals surface area (Å²) in [5.74, 6) is -0.373. The van der Waals surface area contributed by atoms with Crippen molar-refractivity contribution in [2.24, 2.45) is 0 Å². The number of hydrogen-bond donors (Lipinski definition) is 3. The molecule has 3 rings (SSSR count). The van der Waals surface area contributed by atoms with Crippen LogP contribution in [0, 0.1) is 0 Å². The van der Waals surface area contributed by atoms with Crippen molar-refractivity contribution < 1.29 is 27.2 Å². The van der Waals surface area contributed by atoms with Crippen LogP contribution in [0.1, 0.15) is 17.5 Å². The number of carbonyl (C=O) groups excluding carboxylic acids is 2. The third-order valence-electron chi connectivity index (χ3n) is 3.91. The largest absolute Gasteiger partial charge is 0.495 e. The Bertz CT molecular complexity index is 1170. The van der Waals surface area contributed by atoms with E-state index in [9.17, 15) is 18.0 Å². The van der Waals surface area contributed by atoms with Crippen LogP contribution in [0.3, 0.4) is 0 Å². The minimum absolute atomic E-state index is 0.0722. The Morgan fingerprint density at radius 3 is 2.40 bits per heavy atom. The van der Waals surface area contributed by atoms with Crippen molar-refractivity contribution in [3.8, 4) is 5.75 Å². The van der Waals surface area contributed by atoms with E-state index in [1.807, 2.05) is 0 Å². The molecular weight excluding hydrogens is 410 g/mol. The smallest absolute Gasteiger partial charge is 0.291 e. The van der Waals surface area contributed by atoms with Crippen LogP contribution in [0.25, 0.3) is 0 Å². The highest BCUT2D eigenvalue weighted by molar-refractivity contribution is 7.92. The van der Waals surface area contributed by atoms with Gasteiger partial charge in [-0.25, -0.2) is 8.42 Å². The average molecular weight is 429 g/mol. The van der Waals surface area contributed by atoms with Crippen LogP contribution in [0.4, 0.5) is 17.1 Å². The summed E-state index contributed by atoms with van der Waals surface area (Å²) in [5, 5.41) is 5.16. The van der Waals surface area contributed by atoms with E-state index >= 15 is 0 Å². The first kappa shape index (κ1) is 20.9. The zero-order valence-electron chi connectivity index (χ0n) is 16.1. The summed E-state index contributed by atoms with van der Waals surface area (Å²) in [7, 11) is -2.56. The van der Waals surface area contributed by atoms with Gasteiger partial charge in [-0.1, -0.05) is 6.07 Å². The zero-order valence-corrected chi connectivity index (χ0v) is 16.9. The molecule has 1 heterocycles. The predicted octanol–water partition coefficient (Wildman–Crippen LogP) is 3.30. The zero-order chi connectivity index (χ0) is 21.7. The van der Waals surface area contributed by atoms with Crippen molar-refractivity contribution in [3.05, 3.63) is 66.6 Å². The molecule has 2 amide bonds. The molecule has 156 valence electrons. The lowest BCUT2D eigenvalue weighted by atomic mass is 10.3. The van der Waals surface area contributed by atoms with Gasteiger partial charge in [0, 0.05) is 12.6 Å². The summed E-state index contributed by atoms with van der Waals surface area (Å²) in [6.07, 6.45) is 1.38. The molecule has 0 aliphatic carbocycles. The van der Waals surface area contributed by atoms with Crippen molar-refractivity contribution in [1.29, 1.82) is 0 Å². The van der Waals surface area contributed by atoms with E-state index < -0.39 is 15.9 Å². The number of ether oxygens (including phenoxy) is 1. The van der Waals surface area contributed by atoms with Crippen LogP contribution in [0.5, 0.6) is 5.75 Å². The lowest BCUT2D eigenvalue weighted by Crippen LogP contribution is -2.15. The van der Waals surface area contributed by atoms with E-state index in [1.54, 1.807) is 24.3 Å². The highest BCUT2D eigenvalue weighted by Crippen LogP contribution is 2.29. The molecule has 10 heteroatoms. The second-order valence-corrected chi connectivity index (χ2v) is 7.84. The fourth-order valence-corrected chi connectivity index (χ4v) is 3.69. The number of carbonyl (C=O) groups is 2. The van der Waals surface area contributed by atoms with E-state index in [0.29, 0.717) is 11.4 Å². The fourth-order valence-electron chi connectivity index (χ4n) is 2.62. The first-order chi connectivity index (χ1) is 14.3. The van der Waals surface area contributed by atoms with Gasteiger partial charge in [-0.05, 0) is 48.5 Å². The topological polar surface area (TPSA) is 127 Å². The summed E-state index contributed by atoms with van der Waals surface area (Å²) in [6, 6.07) is 13.4. The van der Waals surface area contributed by atoms with Gasteiger partial charge in [0.2, 0.25) is 5.91 Å². The van der Waals surface area contributed by atoms with Gasteiger partial charge in [-0.3, -0.25) is 14.3 Å². The van der Waals surface area contributed by atoms with E-state index in [-0.39, 0.29) is 27.9 Å². The van der Waals surface area contributed by atoms with Gasteiger partial charge in [-0.2, -0.15) is 0 Å². The van der Waals surface area contributed by atoms with E-state index in [0.717, 1.165) is 0 Å². The molecule has 0 fully saturated rings. The lowest BCUT2D eigenvalue weighted by molar-refractivity contribution is -0.114. The molecule has 0 aliphatic rings. The van der Waals surface area contributed by atoms with Gasteiger partial charge in [-0.15, -0.1) is 0 Å². The Kier molecular flexibility index (Phi) is 6.07. The number of methoxy groups -OCH3 is 1. The van der Waals surface area contributed by atoms with Crippen molar-refractivity contribution in [2.75, 3.05) is 22.5 Å². The third-order valence-corrected chi connectivity index (χ3v) is 5.29. The van der Waals surface area contributed by atoms with E-state index in [2.05, 4.69) is 15.4 Å². The summed E-state index contributed by atoms with van der Waals surface area (Å²) >= 11 is 0. The summed E-state index contributed by atoms with van der Waals surface area (Å²) in [4.78, 5) is 23.4. The van der Waals surface area contributed by atoms with E-state index in [4.69, 9.17) is 9.15 Å². The maximum absolute atomic E-state index is 12.8. The second kappa shape index (κ2) is 8.70. The molecule has 1 aromatic heterocycles. The highest BCUT2D eigenvalue weighted by atomic mass is 32.2. The predicted molar refractivity (Wildman–Crippen MR) is 111 cm³/mol. The normalized spacial score (nSPS) is 10.9. The first-order valence-electron chi connectivity index (χ1n) is 8.72. The van der Waals surface area contributed by atoms with Crippen molar-refractivity contribution in [1.82, 2.24) is 0 Å². The van der Waals surface area contributed by atoms with Gasteiger partial charge in [0.1, 0.15) is 5.75 Å². The molecule has 0 unspecified atom stereocenters. The minimum Gasteiger partial charge on any atom is -0.495 e. The summed E-state index contributed by atoms with van der Waals surface area (Å²) in [6.45, 7) is 1.31. The molecule has 3 N–H and O–H groups in total. The Morgan fingerprint density at radius 1 is 0.967 bits per heavy atom. The fraction of sp³-hybridized carbons (Fsp3) is 0.100. The number of sulfonamides is 1. The van der Waals surface area contributed by atoms with Crippen LogP contribution in [-0.4, -0.2) is 27.3 Å². The Hall–Kier alpha value is -3.79. The van der Waals surface area contributed by atoms with Crippen LogP contribution in [-0.2, 0) is 14.8 Å². The number of furan rings is 1. The molecule has 0 aliphatic heterocycles. The molecule has 3 aromatic rings. The molecule has 0 spiro atoms. The number of nitrogens with one attached hydrogen (secondary N) is 3. The molecule has 2 aromatic carbocycles. The van der Waals surface area contributed by atoms with Crippen LogP contribution >= 0.6 is 0 Å². The van der Waals surface area contributed by atoms with Gasteiger partial charge < -0.3 is 19.8 Å². The molecule has 0 saturated heterocycles. The lowest BCUT2D eigenvalue weighted by Gasteiger charge is -2.13. The average Bonchev–Trinajstić information content (AvgIpc) is 3.22. The quantitative estimate of drug-likeness (QED) is 0.529. The molecule has 9 nitrogen and oxygen atoms in total. The molecular formula is C20H19N3O6S. The Labute approximate surface area is 173 Å². The summed E-state index contributed by atoms with van der Waals surface area (Å²) < 4.78 is 38.2. The van der Waals surface area contributed by atoms with Crippen LogP contribution in [0.2, 0.25) is 0 Å². The van der Waals surface area contributed by atoms with Gasteiger partial charge in [0.05, 0.1) is 29.6 Å². The van der Waals surface area contributed by atoms with Crippen molar-refractivity contribution >= 4 is 38.9 Å². The van der Waals surface area contributed by atoms with Crippen LogP contribution < -0.4 is 20.1 Å². The second-order valence-electron chi connectivity index (χ2n) is 6.16. The number of anilines is 3. The molecule has 0 bridgehead atoms. The molecule has 30 heavy (non-hydrogen) atoms. The third kappa shape index (κ3) is 4.97. The Balaban J connectivity index is 1.81. The Morgan fingerprint density at radius 2 is 1.73 bits per heavy atom. The highest BCUT2D eigenvalue weighted by Gasteiger charge is 2.18. The molecule has 0 radical (unpaired) electrons. The summed E-state index contributed by atoms with van der Waals surface area (Å²) in [5.41, 5.74) is 0.849. The number of rotatable bonds is 7. The number of benzene rings is 2. The van der Waals surface area contributed by atoms with Gasteiger partial charge in [0.15, 0.2) is 5.76 Å². The maximum Gasteiger partial charge on any atom is 0.291 e. The van der Waals surface area contributed by atoms with Crippen molar-refractivity contribution in [2.45, 2.75) is 11.8 Å². The molecule has 0 atom stereocenters. The first-order valence-corrected chi connectivity index (χ1v) is 10.2. The number of hydrogen-bond acceptors (Lipinski definition) is 6. The standard InChI is InChI=1S/C20H19N3O6S/c1-13(24)21-17-12-16(8-9-18(17)28-2)30(26,27)23-15-6-3-5-14(11-15)22-20(25)19-7-4-10-29-19/h3-12,23H,1-2H3,(H,21,24)(H,22,25). The van der Waals surface area contributed by atoms with E-state index in [1.165, 1.54) is 50.6 Å². The SMILES string of the molecule is COc1ccc(S(=O)(=O)Nc2cccc(NC(=O)c3ccco3)c2)cc1NC(C)=O. The van der Waals surface area contributed by atoms with Crippen LogP contribution in [0.15, 0.2) is 70.2 Å². The maximum atomic E-state index is 12.8. The molecule has 0 saturated carbocycles.